The number of esters is 1. The van der Waals surface area contributed by atoms with E-state index in [2.05, 4.69) is 9.46 Å². The van der Waals surface area contributed by atoms with Crippen LogP contribution < -0.4 is 4.72 Å². The van der Waals surface area contributed by atoms with E-state index in [0.29, 0.717) is 29.8 Å². The maximum absolute atomic E-state index is 13.4. The Balaban J connectivity index is 2.15. The normalized spacial score (nSPS) is 13.4. The van der Waals surface area contributed by atoms with E-state index < -0.39 is 41.0 Å². The van der Waals surface area contributed by atoms with Gasteiger partial charge in [-0.05, 0) is 67.5 Å². The van der Waals surface area contributed by atoms with E-state index in [1.54, 1.807) is 24.3 Å². The SMILES string of the molecule is COC(=O)CCCCc1ccc(C(CCCC(F)(F)C(F)(F)F)NS(=O)(=O)c2ccc(Cl)cc2)cc1. The molecule has 0 aliphatic rings. The monoisotopic (exact) mass is 555 g/mol. The molecule has 0 radical (unpaired) electrons. The molecule has 0 aromatic heterocycles. The lowest BCUT2D eigenvalue weighted by atomic mass is 9.98. The lowest BCUT2D eigenvalue weighted by Gasteiger charge is -2.23. The molecule has 2 aromatic carbocycles. The molecule has 1 unspecified atom stereocenters. The Morgan fingerprint density at radius 1 is 0.972 bits per heavy atom. The predicted octanol–water partition coefficient (Wildman–Crippen LogP) is 6.61. The van der Waals surface area contributed by atoms with Crippen LogP contribution in [0.3, 0.4) is 0 Å². The molecule has 0 aliphatic carbocycles. The van der Waals surface area contributed by atoms with Gasteiger partial charge in [-0.15, -0.1) is 0 Å². The van der Waals surface area contributed by atoms with Gasteiger partial charge in [0.15, 0.2) is 0 Å². The van der Waals surface area contributed by atoms with Crippen LogP contribution in [0, 0.1) is 0 Å². The van der Waals surface area contributed by atoms with Crippen molar-refractivity contribution < 1.29 is 39.9 Å². The van der Waals surface area contributed by atoms with Crippen LogP contribution in [-0.2, 0) is 26.0 Å². The molecular weight excluding hydrogens is 529 g/mol. The zero-order valence-corrected chi connectivity index (χ0v) is 21.0. The van der Waals surface area contributed by atoms with E-state index in [1.165, 1.54) is 31.4 Å². The fourth-order valence-corrected chi connectivity index (χ4v) is 4.83. The van der Waals surface area contributed by atoms with Crippen molar-refractivity contribution in [2.75, 3.05) is 7.11 Å². The van der Waals surface area contributed by atoms with Crippen molar-refractivity contribution >= 4 is 27.6 Å². The number of alkyl halides is 5. The van der Waals surface area contributed by atoms with Gasteiger partial charge in [0.1, 0.15) is 0 Å². The molecule has 2 aromatic rings. The number of hydrogen-bond donors (Lipinski definition) is 1. The molecule has 1 N–H and O–H groups in total. The molecule has 0 heterocycles. The quantitative estimate of drug-likeness (QED) is 0.171. The number of ether oxygens (including phenoxy) is 1. The fourth-order valence-electron chi connectivity index (χ4n) is 3.45. The Morgan fingerprint density at radius 2 is 1.58 bits per heavy atom. The second-order valence-electron chi connectivity index (χ2n) is 8.25. The molecular formula is C24H27ClF5NO4S. The highest BCUT2D eigenvalue weighted by atomic mass is 35.5. The van der Waals surface area contributed by atoms with Crippen molar-refractivity contribution in [3.8, 4) is 0 Å². The van der Waals surface area contributed by atoms with E-state index in [1.807, 2.05) is 0 Å². The van der Waals surface area contributed by atoms with E-state index >= 15 is 0 Å². The maximum Gasteiger partial charge on any atom is 0.453 e. The predicted molar refractivity (Wildman–Crippen MR) is 125 cm³/mol. The molecule has 0 bridgehead atoms. The Labute approximate surface area is 212 Å². The zero-order valence-electron chi connectivity index (χ0n) is 19.5. The van der Waals surface area contributed by atoms with E-state index in [4.69, 9.17) is 11.6 Å². The largest absolute Gasteiger partial charge is 0.469 e. The average molecular weight is 556 g/mol. The van der Waals surface area contributed by atoms with Gasteiger partial charge in [0.25, 0.3) is 0 Å². The summed E-state index contributed by atoms with van der Waals surface area (Å²) in [6, 6.07) is 10.9. The average Bonchev–Trinajstić information content (AvgIpc) is 2.81. The van der Waals surface area contributed by atoms with Crippen LogP contribution in [0.25, 0.3) is 0 Å². The van der Waals surface area contributed by atoms with Crippen LogP contribution in [0.4, 0.5) is 22.0 Å². The molecule has 1 atom stereocenters. The minimum Gasteiger partial charge on any atom is -0.469 e. The number of halogens is 6. The maximum atomic E-state index is 13.4. The number of rotatable bonds is 13. The van der Waals surface area contributed by atoms with Crippen molar-refractivity contribution in [2.45, 2.75) is 68.0 Å². The van der Waals surface area contributed by atoms with Gasteiger partial charge >= 0.3 is 18.1 Å². The van der Waals surface area contributed by atoms with Gasteiger partial charge in [-0.1, -0.05) is 35.9 Å². The first-order valence-electron chi connectivity index (χ1n) is 11.1. The minimum absolute atomic E-state index is 0.125. The highest BCUT2D eigenvalue weighted by molar-refractivity contribution is 7.89. The van der Waals surface area contributed by atoms with Gasteiger partial charge in [-0.2, -0.15) is 22.0 Å². The second-order valence-corrected chi connectivity index (χ2v) is 10.4. The first-order chi connectivity index (χ1) is 16.7. The Hall–Kier alpha value is -2.24. The van der Waals surface area contributed by atoms with Crippen LogP contribution in [0.5, 0.6) is 0 Å². The minimum atomic E-state index is -5.68. The van der Waals surface area contributed by atoms with E-state index in [9.17, 15) is 35.2 Å². The molecule has 0 amide bonds. The Bertz CT molecular complexity index is 1090. The van der Waals surface area contributed by atoms with E-state index in [0.717, 1.165) is 5.56 Å². The summed E-state index contributed by atoms with van der Waals surface area (Å²) in [6.07, 6.45) is -5.76. The van der Waals surface area contributed by atoms with Crippen molar-refractivity contribution in [1.29, 1.82) is 0 Å². The van der Waals surface area contributed by atoms with Crippen molar-refractivity contribution in [2.24, 2.45) is 0 Å². The lowest BCUT2D eigenvalue weighted by molar-refractivity contribution is -0.284. The molecule has 0 fully saturated rings. The molecule has 12 heteroatoms. The summed E-state index contributed by atoms with van der Waals surface area (Å²) in [5.74, 6) is -5.18. The Morgan fingerprint density at radius 3 is 2.14 bits per heavy atom. The number of benzene rings is 2. The van der Waals surface area contributed by atoms with Gasteiger partial charge in [0.05, 0.1) is 12.0 Å². The van der Waals surface area contributed by atoms with Crippen LogP contribution in [0.1, 0.15) is 55.7 Å². The van der Waals surface area contributed by atoms with Gasteiger partial charge < -0.3 is 4.74 Å². The summed E-state index contributed by atoms with van der Waals surface area (Å²) in [7, 11) is -2.81. The summed E-state index contributed by atoms with van der Waals surface area (Å²) in [6.45, 7) is 0. The highest BCUT2D eigenvalue weighted by Crippen LogP contribution is 2.40. The summed E-state index contributed by atoms with van der Waals surface area (Å²) in [4.78, 5) is 11.1. The van der Waals surface area contributed by atoms with Crippen LogP contribution >= 0.6 is 11.6 Å². The molecule has 0 saturated heterocycles. The third-order valence-electron chi connectivity index (χ3n) is 5.53. The first kappa shape index (κ1) is 30.0. The van der Waals surface area contributed by atoms with Crippen molar-refractivity contribution in [3.63, 3.8) is 0 Å². The topological polar surface area (TPSA) is 72.5 Å². The van der Waals surface area contributed by atoms with Gasteiger partial charge in [-0.25, -0.2) is 13.1 Å². The van der Waals surface area contributed by atoms with Crippen LogP contribution in [-0.4, -0.2) is 33.6 Å². The molecule has 5 nitrogen and oxygen atoms in total. The van der Waals surface area contributed by atoms with Crippen molar-refractivity contribution in [3.05, 3.63) is 64.7 Å². The number of nitrogens with one attached hydrogen (secondary N) is 1. The van der Waals surface area contributed by atoms with Gasteiger partial charge in [-0.3, -0.25) is 4.79 Å². The van der Waals surface area contributed by atoms with E-state index in [-0.39, 0.29) is 23.7 Å². The number of carbonyl (C=O) groups excluding carboxylic acids is 1. The number of methoxy groups -OCH3 is 1. The molecule has 0 aliphatic heterocycles. The smallest absolute Gasteiger partial charge is 0.453 e. The lowest BCUT2D eigenvalue weighted by Crippen LogP contribution is -2.36. The summed E-state index contributed by atoms with van der Waals surface area (Å²) in [5.41, 5.74) is 1.31. The highest BCUT2D eigenvalue weighted by Gasteiger charge is 2.56. The number of carbonyl (C=O) groups is 1. The van der Waals surface area contributed by atoms with Gasteiger partial charge in [0.2, 0.25) is 10.0 Å². The fraction of sp³-hybridized carbons (Fsp3) is 0.458. The number of aryl methyl sites for hydroxylation is 1. The number of unbranched alkanes of at least 4 members (excludes halogenated alkanes) is 1. The van der Waals surface area contributed by atoms with Crippen LogP contribution in [0.15, 0.2) is 53.4 Å². The third kappa shape index (κ3) is 9.01. The van der Waals surface area contributed by atoms with Crippen LogP contribution in [0.2, 0.25) is 5.02 Å². The zero-order chi connectivity index (χ0) is 27.0. The molecule has 2 rings (SSSR count). The number of sulfonamides is 1. The molecule has 0 spiro atoms. The molecule has 36 heavy (non-hydrogen) atoms. The Kier molecular flexibility index (Phi) is 10.7. The van der Waals surface area contributed by atoms with Crippen molar-refractivity contribution in [1.82, 2.24) is 4.72 Å². The molecule has 200 valence electrons. The third-order valence-corrected chi connectivity index (χ3v) is 7.27. The standard InChI is InChI=1S/C24H27ClF5NO4S/c1-35-22(32)7-3-2-5-17-8-10-18(11-9-17)21(6-4-16-23(26,27)24(28,29)30)31-36(33,34)20-14-12-19(25)13-15-20/h8-15,21,31H,2-7,16H2,1H3. The summed E-state index contributed by atoms with van der Waals surface area (Å²) < 4.78 is 97.1. The van der Waals surface area contributed by atoms with Gasteiger partial charge in [0, 0.05) is 23.9 Å². The first-order valence-corrected chi connectivity index (χ1v) is 13.0. The summed E-state index contributed by atoms with van der Waals surface area (Å²) >= 11 is 5.79. The number of hydrogen-bond acceptors (Lipinski definition) is 4. The second kappa shape index (κ2) is 12.8. The molecule has 0 saturated carbocycles. The summed E-state index contributed by atoms with van der Waals surface area (Å²) in [5, 5.41) is 0.307.